The lowest BCUT2D eigenvalue weighted by atomic mass is 9.91. The van der Waals surface area contributed by atoms with E-state index in [-0.39, 0.29) is 36.2 Å². The Morgan fingerprint density at radius 1 is 0.925 bits per heavy atom. The van der Waals surface area contributed by atoms with Crippen LogP contribution in [0.3, 0.4) is 0 Å². The molecule has 4 atom stereocenters. The molecule has 1 fully saturated rings. The predicted octanol–water partition coefficient (Wildman–Crippen LogP) is 5.40. The lowest BCUT2D eigenvalue weighted by Gasteiger charge is -2.41. The number of aromatic nitrogens is 2. The third-order valence-corrected chi connectivity index (χ3v) is 10.3. The topological polar surface area (TPSA) is 111 Å². The normalized spacial score (nSPS) is 21.4. The molecule has 1 aliphatic heterocycles. The lowest BCUT2D eigenvalue weighted by Crippen LogP contribution is -2.38. The maximum atomic E-state index is 12.6. The van der Waals surface area contributed by atoms with Crippen molar-refractivity contribution >= 4 is 33.1 Å². The maximum absolute atomic E-state index is 12.6. The van der Waals surface area contributed by atoms with Gasteiger partial charge in [-0.3, -0.25) is 0 Å². The van der Waals surface area contributed by atoms with Gasteiger partial charge in [0.25, 0.3) is 0 Å². The number of aliphatic hydroxyl groups is 1. The number of nitrogens with zero attached hydrogens (tertiary/aromatic N) is 2. The van der Waals surface area contributed by atoms with Crippen molar-refractivity contribution in [1.82, 2.24) is 14.9 Å². The molecular formula is C29H31N3O5S3. The molecule has 1 saturated heterocycles. The van der Waals surface area contributed by atoms with Crippen molar-refractivity contribution in [2.45, 2.75) is 54.7 Å². The minimum atomic E-state index is -3.60. The molecule has 0 aliphatic carbocycles. The highest BCUT2D eigenvalue weighted by Crippen LogP contribution is 2.43. The van der Waals surface area contributed by atoms with Crippen molar-refractivity contribution in [2.24, 2.45) is 5.92 Å². The first-order valence-corrected chi connectivity index (χ1v) is 16.2. The summed E-state index contributed by atoms with van der Waals surface area (Å²) in [5.41, 5.74) is 3.53. The molecule has 0 saturated carbocycles. The Balaban J connectivity index is 1.31. The maximum Gasteiger partial charge on any atom is 0.240 e. The van der Waals surface area contributed by atoms with Crippen LogP contribution in [0.4, 0.5) is 0 Å². The van der Waals surface area contributed by atoms with Crippen LogP contribution in [0.2, 0.25) is 0 Å². The van der Waals surface area contributed by atoms with Crippen molar-refractivity contribution in [3.8, 4) is 0 Å². The largest absolute Gasteiger partial charge is 0.392 e. The van der Waals surface area contributed by atoms with Gasteiger partial charge in [0.05, 0.1) is 23.7 Å². The number of benzene rings is 3. The first-order chi connectivity index (χ1) is 19.3. The molecule has 210 valence electrons. The van der Waals surface area contributed by atoms with Gasteiger partial charge in [0.15, 0.2) is 10.6 Å². The van der Waals surface area contributed by atoms with Crippen LogP contribution in [0.5, 0.6) is 0 Å². The number of rotatable bonds is 10. The Kier molecular flexibility index (Phi) is 9.31. The van der Waals surface area contributed by atoms with E-state index in [1.807, 2.05) is 55.5 Å². The molecule has 0 amide bonds. The van der Waals surface area contributed by atoms with E-state index in [2.05, 4.69) is 21.8 Å². The molecule has 1 aliphatic rings. The minimum Gasteiger partial charge on any atom is -0.392 e. The van der Waals surface area contributed by atoms with E-state index in [1.165, 1.54) is 0 Å². The summed E-state index contributed by atoms with van der Waals surface area (Å²) in [5.74, 6) is 0.754. The molecule has 3 aromatic carbocycles. The van der Waals surface area contributed by atoms with Crippen LogP contribution < -0.4 is 4.72 Å². The minimum absolute atomic E-state index is 0.0124. The van der Waals surface area contributed by atoms with Crippen LogP contribution in [0.1, 0.15) is 46.6 Å². The summed E-state index contributed by atoms with van der Waals surface area (Å²) in [6.07, 6.45) is -0.936. The fourth-order valence-electron chi connectivity index (χ4n) is 4.45. The quantitative estimate of drug-likeness (QED) is 0.234. The van der Waals surface area contributed by atoms with Crippen molar-refractivity contribution in [3.05, 3.63) is 106 Å². The second-order valence-electron chi connectivity index (χ2n) is 9.60. The summed E-state index contributed by atoms with van der Waals surface area (Å²) in [6.45, 7) is 4.22. The van der Waals surface area contributed by atoms with Gasteiger partial charge in [-0.1, -0.05) is 96.8 Å². The predicted molar refractivity (Wildman–Crippen MR) is 155 cm³/mol. The van der Waals surface area contributed by atoms with Gasteiger partial charge in [-0.15, -0.1) is 10.2 Å². The first kappa shape index (κ1) is 28.9. The van der Waals surface area contributed by atoms with Gasteiger partial charge in [0, 0.05) is 23.8 Å². The number of aryl methyl sites for hydroxylation is 1. The van der Waals surface area contributed by atoms with E-state index in [9.17, 15) is 13.5 Å². The third kappa shape index (κ3) is 6.98. The number of aliphatic hydroxyl groups excluding tert-OH is 1. The average molecular weight is 598 g/mol. The Hall–Kier alpha value is -2.64. The second kappa shape index (κ2) is 12.9. The lowest BCUT2D eigenvalue weighted by molar-refractivity contribution is -0.268. The third-order valence-electron chi connectivity index (χ3n) is 6.77. The van der Waals surface area contributed by atoms with Crippen LogP contribution in [-0.2, 0) is 32.6 Å². The van der Waals surface area contributed by atoms with Gasteiger partial charge in [-0.2, -0.15) is 0 Å². The van der Waals surface area contributed by atoms with Crippen LogP contribution in [0.25, 0.3) is 0 Å². The van der Waals surface area contributed by atoms with Crippen LogP contribution in [0, 0.1) is 12.8 Å². The van der Waals surface area contributed by atoms with Crippen LogP contribution in [0.15, 0.2) is 88.1 Å². The highest BCUT2D eigenvalue weighted by Gasteiger charge is 2.38. The fourth-order valence-corrected chi connectivity index (χ4v) is 7.50. The van der Waals surface area contributed by atoms with Crippen LogP contribution >= 0.6 is 23.1 Å². The molecule has 1 aromatic heterocycles. The summed E-state index contributed by atoms with van der Waals surface area (Å²) in [6, 6.07) is 23.7. The van der Waals surface area contributed by atoms with E-state index in [0.717, 1.165) is 31.6 Å². The molecule has 8 nitrogen and oxygen atoms in total. The molecule has 0 bridgehead atoms. The van der Waals surface area contributed by atoms with Gasteiger partial charge in [-0.25, -0.2) is 13.1 Å². The number of hydrogen-bond acceptors (Lipinski definition) is 9. The zero-order chi connectivity index (χ0) is 28.1. The molecule has 1 unspecified atom stereocenters. The summed E-state index contributed by atoms with van der Waals surface area (Å²) in [7, 11) is -3.60. The summed E-state index contributed by atoms with van der Waals surface area (Å²) < 4.78 is 41.7. The van der Waals surface area contributed by atoms with Gasteiger partial charge in [0.2, 0.25) is 10.0 Å². The molecule has 11 heteroatoms. The zero-order valence-corrected chi connectivity index (χ0v) is 24.6. The standard InChI is InChI=1S/C29H31N3O5S3/c1-19-26(18-38-29-32-31-20(2)39-29)36-28(37-27(19)23-12-10-22(17-33)11-13-23)24-14-8-21(9-15-24)16-30-40(34,35)25-6-4-3-5-7-25/h3-15,19,26-28,30,33H,16-18H2,1-2H3/t19-,26+,27+,28?/m0/s1. The van der Waals surface area contributed by atoms with E-state index in [1.54, 1.807) is 53.4 Å². The summed E-state index contributed by atoms with van der Waals surface area (Å²) in [4.78, 5) is 0.232. The molecule has 40 heavy (non-hydrogen) atoms. The zero-order valence-electron chi connectivity index (χ0n) is 22.1. The molecule has 2 N–H and O–H groups in total. The Labute approximate surface area is 242 Å². The van der Waals surface area contributed by atoms with Crippen molar-refractivity contribution < 1.29 is 23.0 Å². The van der Waals surface area contributed by atoms with E-state index in [0.29, 0.717) is 5.75 Å². The Morgan fingerprint density at radius 3 is 2.25 bits per heavy atom. The molecule has 0 spiro atoms. The second-order valence-corrected chi connectivity index (χ2v) is 13.8. The first-order valence-electron chi connectivity index (χ1n) is 12.9. The van der Waals surface area contributed by atoms with Gasteiger partial charge in [0.1, 0.15) is 5.01 Å². The number of hydrogen-bond donors (Lipinski definition) is 2. The number of sulfonamides is 1. The summed E-state index contributed by atoms with van der Waals surface area (Å²) in [5, 5.41) is 18.7. The molecule has 4 aromatic rings. The average Bonchev–Trinajstić information content (AvgIpc) is 3.41. The number of nitrogens with one attached hydrogen (secondary N) is 1. The molecule has 5 rings (SSSR count). The van der Waals surface area contributed by atoms with Gasteiger partial charge < -0.3 is 14.6 Å². The van der Waals surface area contributed by atoms with Crippen molar-refractivity contribution in [1.29, 1.82) is 0 Å². The van der Waals surface area contributed by atoms with Gasteiger partial charge in [-0.05, 0) is 35.7 Å². The highest BCUT2D eigenvalue weighted by atomic mass is 32.2. The SMILES string of the molecule is Cc1nnc(SC[C@H]2OC(c3ccc(CNS(=O)(=O)c4ccccc4)cc3)O[C@@H](c3ccc(CO)cc3)[C@H]2C)s1. The van der Waals surface area contributed by atoms with E-state index in [4.69, 9.17) is 9.47 Å². The van der Waals surface area contributed by atoms with E-state index < -0.39 is 16.3 Å². The Morgan fingerprint density at radius 2 is 1.60 bits per heavy atom. The van der Waals surface area contributed by atoms with Crippen LogP contribution in [-0.4, -0.2) is 35.6 Å². The molecule has 0 radical (unpaired) electrons. The number of ether oxygens (including phenoxy) is 2. The van der Waals surface area contributed by atoms with E-state index >= 15 is 0 Å². The number of thioether (sulfide) groups is 1. The molecular weight excluding hydrogens is 567 g/mol. The molecule has 2 heterocycles. The highest BCUT2D eigenvalue weighted by molar-refractivity contribution is 8.01. The smallest absolute Gasteiger partial charge is 0.240 e. The fraction of sp³-hybridized carbons (Fsp3) is 0.310. The van der Waals surface area contributed by atoms with Crippen molar-refractivity contribution in [3.63, 3.8) is 0 Å². The van der Waals surface area contributed by atoms with Gasteiger partial charge >= 0.3 is 0 Å². The summed E-state index contributed by atoms with van der Waals surface area (Å²) >= 11 is 3.19. The van der Waals surface area contributed by atoms with Crippen molar-refractivity contribution in [2.75, 3.05) is 5.75 Å². The monoisotopic (exact) mass is 597 g/mol. The Bertz CT molecular complexity index is 1500.